The summed E-state index contributed by atoms with van der Waals surface area (Å²) in [4.78, 5) is 2.33. The number of rotatable bonds is 6. The Labute approximate surface area is 161 Å². The number of methoxy groups -OCH3 is 1. The van der Waals surface area contributed by atoms with Gasteiger partial charge in [0.05, 0.1) is 30.2 Å². The molecule has 0 saturated carbocycles. The van der Waals surface area contributed by atoms with Crippen molar-refractivity contribution in [3.63, 3.8) is 0 Å². The van der Waals surface area contributed by atoms with Gasteiger partial charge in [-0.3, -0.25) is 4.90 Å². The zero-order valence-electron chi connectivity index (χ0n) is 15.6. The lowest BCUT2D eigenvalue weighted by Gasteiger charge is -2.30. The Kier molecular flexibility index (Phi) is 5.45. The third-order valence-electron chi connectivity index (χ3n) is 4.97. The molecule has 3 heterocycles. The van der Waals surface area contributed by atoms with Crippen molar-refractivity contribution >= 4 is 0 Å². The van der Waals surface area contributed by atoms with Crippen LogP contribution in [0.25, 0.3) is 5.69 Å². The molecule has 1 fully saturated rings. The Hall–Kier alpha value is -2.65. The summed E-state index contributed by atoms with van der Waals surface area (Å²) >= 11 is 0. The van der Waals surface area contributed by atoms with E-state index in [1.807, 2.05) is 6.20 Å². The monoisotopic (exact) mass is 388 g/mol. The van der Waals surface area contributed by atoms with E-state index in [1.165, 1.54) is 29.1 Å². The zero-order chi connectivity index (χ0) is 19.5. The lowest BCUT2D eigenvalue weighted by Crippen LogP contribution is -2.36. The first kappa shape index (κ1) is 18.7. The Morgan fingerprint density at radius 3 is 2.54 bits per heavy atom. The van der Waals surface area contributed by atoms with Crippen LogP contribution in [0.5, 0.6) is 0 Å². The predicted octanol–water partition coefficient (Wildman–Crippen LogP) is 2.40. The maximum atomic E-state index is 13.9. The molecule has 2 aromatic heterocycles. The number of halogens is 2. The maximum absolute atomic E-state index is 13.9. The van der Waals surface area contributed by atoms with Crippen molar-refractivity contribution in [3.05, 3.63) is 59.7 Å². The fourth-order valence-corrected chi connectivity index (χ4v) is 3.46. The van der Waals surface area contributed by atoms with Crippen LogP contribution in [0, 0.1) is 11.6 Å². The predicted molar refractivity (Wildman–Crippen MR) is 97.9 cm³/mol. The van der Waals surface area contributed by atoms with Crippen LogP contribution in [0.4, 0.5) is 8.78 Å². The van der Waals surface area contributed by atoms with Crippen molar-refractivity contribution < 1.29 is 13.5 Å². The molecule has 0 bridgehead atoms. The van der Waals surface area contributed by atoms with Gasteiger partial charge in [-0.05, 0) is 31.0 Å². The smallest absolute Gasteiger partial charge is 0.151 e. The summed E-state index contributed by atoms with van der Waals surface area (Å²) in [5, 5.41) is 12.6. The average molecular weight is 388 g/mol. The normalized spacial score (nSPS) is 16.0. The van der Waals surface area contributed by atoms with Crippen molar-refractivity contribution in [1.29, 1.82) is 0 Å². The van der Waals surface area contributed by atoms with Crippen LogP contribution in [0.15, 0.2) is 36.7 Å². The van der Waals surface area contributed by atoms with Crippen LogP contribution in [0.3, 0.4) is 0 Å². The molecule has 0 unspecified atom stereocenters. The second-order valence-corrected chi connectivity index (χ2v) is 6.94. The van der Waals surface area contributed by atoms with Crippen molar-refractivity contribution in [1.82, 2.24) is 29.7 Å². The van der Waals surface area contributed by atoms with Crippen LogP contribution >= 0.6 is 0 Å². The summed E-state index contributed by atoms with van der Waals surface area (Å²) in [6.07, 6.45) is 5.81. The summed E-state index contributed by atoms with van der Waals surface area (Å²) in [7, 11) is 1.76. The van der Waals surface area contributed by atoms with Gasteiger partial charge >= 0.3 is 0 Å². The minimum absolute atomic E-state index is 0.188. The van der Waals surface area contributed by atoms with E-state index < -0.39 is 11.6 Å². The zero-order valence-corrected chi connectivity index (χ0v) is 15.6. The highest BCUT2D eigenvalue weighted by atomic mass is 19.1. The highest BCUT2D eigenvalue weighted by Crippen LogP contribution is 2.17. The molecule has 0 atom stereocenters. The van der Waals surface area contributed by atoms with E-state index in [4.69, 9.17) is 4.74 Å². The number of para-hydroxylation sites is 1. The average Bonchev–Trinajstić information content (AvgIpc) is 3.32. The number of ether oxygens (including phenoxy) is 1. The first-order chi connectivity index (χ1) is 13.6. The molecule has 0 spiro atoms. The second-order valence-electron chi connectivity index (χ2n) is 6.94. The van der Waals surface area contributed by atoms with Crippen molar-refractivity contribution in [3.8, 4) is 5.69 Å². The van der Waals surface area contributed by atoms with Crippen molar-refractivity contribution in [2.45, 2.75) is 32.0 Å². The summed E-state index contributed by atoms with van der Waals surface area (Å²) in [6, 6.07) is 5.45. The molecule has 0 N–H and O–H groups in total. The number of piperidine rings is 1. The molecule has 7 nitrogen and oxygen atoms in total. The molecule has 3 aromatic rings. The van der Waals surface area contributed by atoms with Crippen LogP contribution in [0.2, 0.25) is 0 Å². The molecule has 0 aliphatic carbocycles. The molecule has 4 rings (SSSR count). The molecular formula is C19H22F2N6O. The van der Waals surface area contributed by atoms with E-state index in [0.717, 1.165) is 38.2 Å². The lowest BCUT2D eigenvalue weighted by molar-refractivity contribution is 0.0385. The molecule has 28 heavy (non-hydrogen) atoms. The molecule has 0 radical (unpaired) electrons. The quantitative estimate of drug-likeness (QED) is 0.649. The van der Waals surface area contributed by atoms with Gasteiger partial charge < -0.3 is 4.74 Å². The van der Waals surface area contributed by atoms with Gasteiger partial charge in [0.2, 0.25) is 0 Å². The molecule has 1 aromatic carbocycles. The molecule has 0 amide bonds. The Morgan fingerprint density at radius 1 is 1.07 bits per heavy atom. The highest BCUT2D eigenvalue weighted by Gasteiger charge is 2.19. The van der Waals surface area contributed by atoms with Crippen LogP contribution in [0.1, 0.15) is 24.2 Å². The number of aromatic nitrogens is 5. The first-order valence-electron chi connectivity index (χ1n) is 9.25. The van der Waals surface area contributed by atoms with Gasteiger partial charge in [0.1, 0.15) is 5.69 Å². The summed E-state index contributed by atoms with van der Waals surface area (Å²) in [5.74, 6) is -1.31. The summed E-state index contributed by atoms with van der Waals surface area (Å²) < 4.78 is 36.1. The van der Waals surface area contributed by atoms with E-state index in [1.54, 1.807) is 17.9 Å². The van der Waals surface area contributed by atoms with Crippen molar-refractivity contribution in [2.75, 3.05) is 20.2 Å². The second kappa shape index (κ2) is 8.15. The van der Waals surface area contributed by atoms with Gasteiger partial charge in [-0.15, -0.1) is 5.10 Å². The summed E-state index contributed by atoms with van der Waals surface area (Å²) in [5.41, 5.74) is 1.34. The van der Waals surface area contributed by atoms with Gasteiger partial charge in [0.15, 0.2) is 11.6 Å². The van der Waals surface area contributed by atoms with Gasteiger partial charge in [0, 0.05) is 32.9 Å². The molecular weight excluding hydrogens is 366 g/mol. The fourth-order valence-electron chi connectivity index (χ4n) is 3.46. The summed E-state index contributed by atoms with van der Waals surface area (Å²) in [6.45, 7) is 3.07. The number of nitrogens with zero attached hydrogens (tertiary/aromatic N) is 6. The number of benzene rings is 1. The molecule has 1 aliphatic rings. The molecule has 1 saturated heterocycles. The Bertz CT molecular complexity index is 912. The van der Waals surface area contributed by atoms with Gasteiger partial charge in [0.25, 0.3) is 0 Å². The Morgan fingerprint density at radius 2 is 1.82 bits per heavy atom. The molecule has 9 heteroatoms. The third kappa shape index (κ3) is 4.10. The largest absolute Gasteiger partial charge is 0.381 e. The van der Waals surface area contributed by atoms with E-state index in [2.05, 4.69) is 20.3 Å². The van der Waals surface area contributed by atoms with Gasteiger partial charge in [-0.1, -0.05) is 11.3 Å². The van der Waals surface area contributed by atoms with E-state index in [0.29, 0.717) is 18.3 Å². The van der Waals surface area contributed by atoms with Gasteiger partial charge in [-0.25, -0.2) is 18.1 Å². The Balaban J connectivity index is 1.39. The fraction of sp³-hybridized carbons (Fsp3) is 0.421. The van der Waals surface area contributed by atoms with E-state index in [-0.39, 0.29) is 5.69 Å². The third-order valence-corrected chi connectivity index (χ3v) is 4.97. The van der Waals surface area contributed by atoms with Gasteiger partial charge in [-0.2, -0.15) is 5.10 Å². The highest BCUT2D eigenvalue weighted by molar-refractivity contribution is 5.34. The lowest BCUT2D eigenvalue weighted by atomic mass is 10.1. The number of hydrogen-bond donors (Lipinski definition) is 0. The number of likely N-dealkylation sites (tertiary alicyclic amines) is 1. The van der Waals surface area contributed by atoms with E-state index in [9.17, 15) is 8.78 Å². The standard InChI is InChI=1S/C19H22F2N6O/c1-28-16-6-8-25(9-7-16)11-15-13-26(24-22-15)12-14-5-10-27(23-14)19-17(20)3-2-4-18(19)21/h2-5,10,13,16H,6-9,11-12H2,1H3. The first-order valence-corrected chi connectivity index (χ1v) is 9.25. The molecule has 1 aliphatic heterocycles. The number of hydrogen-bond acceptors (Lipinski definition) is 5. The van der Waals surface area contributed by atoms with Crippen LogP contribution < -0.4 is 0 Å². The van der Waals surface area contributed by atoms with Crippen LogP contribution in [-0.2, 0) is 17.8 Å². The maximum Gasteiger partial charge on any atom is 0.151 e. The van der Waals surface area contributed by atoms with Crippen molar-refractivity contribution in [2.24, 2.45) is 0 Å². The molecule has 148 valence electrons. The minimum Gasteiger partial charge on any atom is -0.381 e. The minimum atomic E-state index is -0.657. The van der Waals surface area contributed by atoms with Crippen LogP contribution in [-0.4, -0.2) is 56.0 Å². The van der Waals surface area contributed by atoms with E-state index >= 15 is 0 Å². The topological polar surface area (TPSA) is 61.0 Å². The SMILES string of the molecule is COC1CCN(Cc2cn(Cc3ccn(-c4c(F)cccc4F)n3)nn2)CC1.